The highest BCUT2D eigenvalue weighted by molar-refractivity contribution is 4.85. The predicted molar refractivity (Wildman–Crippen MR) is 68.5 cm³/mol. The van der Waals surface area contributed by atoms with Crippen LogP contribution in [0.1, 0.15) is 40.0 Å². The van der Waals surface area contributed by atoms with Gasteiger partial charge in [0.15, 0.2) is 0 Å². The fraction of sp³-hybridized carbons (Fsp3) is 1.00. The van der Waals surface area contributed by atoms with Crippen molar-refractivity contribution < 1.29 is 0 Å². The number of hydrogen-bond donors (Lipinski definition) is 1. The van der Waals surface area contributed by atoms with Gasteiger partial charge in [0.05, 0.1) is 6.17 Å². The van der Waals surface area contributed by atoms with Gasteiger partial charge < -0.3 is 5.32 Å². The lowest BCUT2D eigenvalue weighted by Crippen LogP contribution is -2.60. The summed E-state index contributed by atoms with van der Waals surface area (Å²) < 4.78 is 0. The lowest BCUT2D eigenvalue weighted by Gasteiger charge is -2.47. The molecule has 0 aromatic heterocycles. The Morgan fingerprint density at radius 3 is 2.69 bits per heavy atom. The highest BCUT2D eigenvalue weighted by Crippen LogP contribution is 2.23. The van der Waals surface area contributed by atoms with Gasteiger partial charge >= 0.3 is 0 Å². The lowest BCUT2D eigenvalue weighted by molar-refractivity contribution is -0.0183. The van der Waals surface area contributed by atoms with Gasteiger partial charge in [0.25, 0.3) is 0 Å². The molecule has 3 nitrogen and oxygen atoms in total. The van der Waals surface area contributed by atoms with E-state index in [9.17, 15) is 0 Å². The van der Waals surface area contributed by atoms with E-state index < -0.39 is 0 Å². The van der Waals surface area contributed by atoms with Gasteiger partial charge in [-0.2, -0.15) is 0 Å². The molecule has 0 amide bonds. The molecule has 2 heterocycles. The third-order valence-corrected chi connectivity index (χ3v) is 4.00. The predicted octanol–water partition coefficient (Wildman–Crippen LogP) is 1.50. The Hall–Kier alpha value is -0.120. The highest BCUT2D eigenvalue weighted by Gasteiger charge is 2.31. The molecule has 0 radical (unpaired) electrons. The SMILES string of the molecule is CC1CN(C2CCCCN2C(C)C)CCN1. The maximum Gasteiger partial charge on any atom is 0.0625 e. The molecule has 2 aliphatic heterocycles. The molecule has 16 heavy (non-hydrogen) atoms. The standard InChI is InChI=1S/C13H27N3/c1-11(2)16-8-5-4-6-13(16)15-9-7-14-12(3)10-15/h11-14H,4-10H2,1-3H3. The highest BCUT2D eigenvalue weighted by atomic mass is 15.4. The fourth-order valence-corrected chi connectivity index (χ4v) is 3.16. The molecular formula is C13H27N3. The molecule has 2 rings (SSSR count). The van der Waals surface area contributed by atoms with E-state index in [2.05, 4.69) is 35.9 Å². The molecule has 0 saturated carbocycles. The topological polar surface area (TPSA) is 18.5 Å². The first-order valence-corrected chi connectivity index (χ1v) is 6.91. The second kappa shape index (κ2) is 5.48. The summed E-state index contributed by atoms with van der Waals surface area (Å²) in [5.74, 6) is 0. The van der Waals surface area contributed by atoms with E-state index in [4.69, 9.17) is 0 Å². The summed E-state index contributed by atoms with van der Waals surface area (Å²) in [6.07, 6.45) is 4.87. The van der Waals surface area contributed by atoms with Crippen molar-refractivity contribution in [3.8, 4) is 0 Å². The first-order valence-electron chi connectivity index (χ1n) is 6.91. The summed E-state index contributed by atoms with van der Waals surface area (Å²) in [4.78, 5) is 5.39. The van der Waals surface area contributed by atoms with Crippen molar-refractivity contribution in [3.63, 3.8) is 0 Å². The van der Waals surface area contributed by atoms with Gasteiger partial charge in [-0.1, -0.05) is 0 Å². The van der Waals surface area contributed by atoms with Crippen LogP contribution in [0.5, 0.6) is 0 Å². The zero-order valence-electron chi connectivity index (χ0n) is 11.1. The number of piperazine rings is 1. The number of hydrogen-bond acceptors (Lipinski definition) is 3. The van der Waals surface area contributed by atoms with Crippen LogP contribution in [0.25, 0.3) is 0 Å². The van der Waals surface area contributed by atoms with Crippen LogP contribution in [0.4, 0.5) is 0 Å². The average molecular weight is 225 g/mol. The summed E-state index contributed by atoms with van der Waals surface area (Å²) in [5, 5.41) is 3.53. The monoisotopic (exact) mass is 225 g/mol. The van der Waals surface area contributed by atoms with Crippen LogP contribution in [0.2, 0.25) is 0 Å². The minimum atomic E-state index is 0.657. The summed E-state index contributed by atoms with van der Waals surface area (Å²) in [7, 11) is 0. The molecule has 2 unspecified atom stereocenters. The zero-order valence-corrected chi connectivity index (χ0v) is 11.1. The second-order valence-electron chi connectivity index (χ2n) is 5.66. The van der Waals surface area contributed by atoms with Crippen molar-refractivity contribution in [1.82, 2.24) is 15.1 Å². The van der Waals surface area contributed by atoms with Gasteiger partial charge in [-0.15, -0.1) is 0 Å². The van der Waals surface area contributed by atoms with Crippen molar-refractivity contribution in [1.29, 1.82) is 0 Å². The van der Waals surface area contributed by atoms with Crippen LogP contribution in [-0.2, 0) is 0 Å². The molecule has 2 aliphatic rings. The molecule has 0 aromatic rings. The molecule has 94 valence electrons. The minimum Gasteiger partial charge on any atom is -0.312 e. The molecule has 0 bridgehead atoms. The van der Waals surface area contributed by atoms with Crippen LogP contribution in [0, 0.1) is 0 Å². The summed E-state index contributed by atoms with van der Waals surface area (Å²) in [6, 6.07) is 1.35. The fourth-order valence-electron chi connectivity index (χ4n) is 3.16. The normalized spacial score (nSPS) is 34.5. The van der Waals surface area contributed by atoms with E-state index in [1.165, 1.54) is 38.9 Å². The Morgan fingerprint density at radius 1 is 1.19 bits per heavy atom. The molecule has 2 saturated heterocycles. The summed E-state index contributed by atoms with van der Waals surface area (Å²) in [6.45, 7) is 11.9. The van der Waals surface area contributed by atoms with Crippen molar-refractivity contribution in [2.45, 2.75) is 58.3 Å². The smallest absolute Gasteiger partial charge is 0.0625 e. The van der Waals surface area contributed by atoms with Crippen LogP contribution in [0.3, 0.4) is 0 Å². The van der Waals surface area contributed by atoms with Gasteiger partial charge in [0, 0.05) is 31.7 Å². The summed E-state index contributed by atoms with van der Waals surface area (Å²) in [5.41, 5.74) is 0. The molecule has 2 atom stereocenters. The summed E-state index contributed by atoms with van der Waals surface area (Å²) >= 11 is 0. The van der Waals surface area contributed by atoms with Crippen LogP contribution < -0.4 is 5.32 Å². The third kappa shape index (κ3) is 2.76. The van der Waals surface area contributed by atoms with Gasteiger partial charge in [-0.3, -0.25) is 9.80 Å². The average Bonchev–Trinajstić information content (AvgIpc) is 2.29. The van der Waals surface area contributed by atoms with Crippen molar-refractivity contribution in [3.05, 3.63) is 0 Å². The van der Waals surface area contributed by atoms with E-state index >= 15 is 0 Å². The largest absolute Gasteiger partial charge is 0.312 e. The van der Waals surface area contributed by atoms with E-state index in [1.54, 1.807) is 0 Å². The maximum atomic E-state index is 3.53. The van der Waals surface area contributed by atoms with E-state index in [-0.39, 0.29) is 0 Å². The van der Waals surface area contributed by atoms with Gasteiger partial charge in [0.1, 0.15) is 0 Å². The molecule has 0 spiro atoms. The van der Waals surface area contributed by atoms with Crippen molar-refractivity contribution in [2.24, 2.45) is 0 Å². The van der Waals surface area contributed by atoms with Crippen molar-refractivity contribution >= 4 is 0 Å². The first-order chi connectivity index (χ1) is 7.68. The second-order valence-corrected chi connectivity index (χ2v) is 5.66. The third-order valence-electron chi connectivity index (χ3n) is 4.00. The minimum absolute atomic E-state index is 0.657. The number of nitrogens with zero attached hydrogens (tertiary/aromatic N) is 2. The Bertz CT molecular complexity index is 217. The lowest BCUT2D eigenvalue weighted by atomic mass is 10.0. The molecular weight excluding hydrogens is 198 g/mol. The van der Waals surface area contributed by atoms with E-state index in [1.807, 2.05) is 0 Å². The quantitative estimate of drug-likeness (QED) is 0.768. The Balaban J connectivity index is 1.98. The number of nitrogens with one attached hydrogen (secondary N) is 1. The van der Waals surface area contributed by atoms with Gasteiger partial charge in [-0.05, 0) is 46.6 Å². The Kier molecular flexibility index (Phi) is 4.22. The molecule has 2 fully saturated rings. The molecule has 0 aromatic carbocycles. The van der Waals surface area contributed by atoms with Crippen molar-refractivity contribution in [2.75, 3.05) is 26.2 Å². The van der Waals surface area contributed by atoms with Crippen LogP contribution in [0.15, 0.2) is 0 Å². The Labute approximate surface area is 100 Å². The molecule has 3 heteroatoms. The first kappa shape index (κ1) is 12.3. The zero-order chi connectivity index (χ0) is 11.5. The number of rotatable bonds is 2. The van der Waals surface area contributed by atoms with E-state index in [0.29, 0.717) is 18.2 Å². The number of likely N-dealkylation sites (tertiary alicyclic amines) is 1. The van der Waals surface area contributed by atoms with Gasteiger partial charge in [0.2, 0.25) is 0 Å². The van der Waals surface area contributed by atoms with Gasteiger partial charge in [-0.25, -0.2) is 0 Å². The van der Waals surface area contributed by atoms with Crippen LogP contribution >= 0.6 is 0 Å². The number of piperidine rings is 1. The Morgan fingerprint density at radius 2 is 2.00 bits per heavy atom. The van der Waals surface area contributed by atoms with Crippen LogP contribution in [-0.4, -0.2) is 54.2 Å². The maximum absolute atomic E-state index is 3.53. The molecule has 1 N–H and O–H groups in total. The van der Waals surface area contributed by atoms with E-state index in [0.717, 1.165) is 6.54 Å². The molecule has 0 aliphatic carbocycles.